The lowest BCUT2D eigenvalue weighted by Gasteiger charge is -2.37. The maximum absolute atomic E-state index is 5.96. The Morgan fingerprint density at radius 1 is 1.36 bits per heavy atom. The van der Waals surface area contributed by atoms with Gasteiger partial charge in [0.15, 0.2) is 5.96 Å². The number of hydrogen-bond acceptors (Lipinski definition) is 4. The summed E-state index contributed by atoms with van der Waals surface area (Å²) in [5, 5.41) is 7.71. The highest BCUT2D eigenvalue weighted by Gasteiger charge is 2.32. The molecule has 0 radical (unpaired) electrons. The molecule has 2 saturated heterocycles. The zero-order chi connectivity index (χ0) is 17.5. The van der Waals surface area contributed by atoms with E-state index >= 15 is 0 Å². The molecule has 3 heterocycles. The third-order valence-electron chi connectivity index (χ3n) is 4.72. The van der Waals surface area contributed by atoms with Crippen LogP contribution in [0.5, 0.6) is 0 Å². The van der Waals surface area contributed by atoms with Gasteiger partial charge in [0.1, 0.15) is 6.10 Å². The van der Waals surface area contributed by atoms with E-state index in [1.54, 1.807) is 0 Å². The molecule has 140 valence electrons. The Bertz CT molecular complexity index is 528. The van der Waals surface area contributed by atoms with Crippen LogP contribution in [0.2, 0.25) is 0 Å². The van der Waals surface area contributed by atoms with Crippen molar-refractivity contribution in [3.05, 3.63) is 18.5 Å². The van der Waals surface area contributed by atoms with Crippen molar-refractivity contribution in [2.45, 2.75) is 45.4 Å². The van der Waals surface area contributed by atoms with Crippen molar-refractivity contribution in [2.75, 3.05) is 39.4 Å². The average Bonchev–Trinajstić information content (AvgIpc) is 3.32. The molecule has 3 rings (SSSR count). The monoisotopic (exact) mass is 349 g/mol. The molecule has 2 aliphatic rings. The molecule has 2 fully saturated rings. The average molecular weight is 349 g/mol. The largest absolute Gasteiger partial charge is 0.375 e. The maximum atomic E-state index is 5.96. The zero-order valence-electron chi connectivity index (χ0n) is 15.4. The predicted octanol–water partition coefficient (Wildman–Crippen LogP) is 1.36. The van der Waals surface area contributed by atoms with E-state index in [-0.39, 0.29) is 12.2 Å². The molecule has 3 unspecified atom stereocenters. The first-order valence-electron chi connectivity index (χ1n) is 9.50. The SMILES string of the molecule is CCNC(=NCC(C)Cn1cccn1)N1CCOC(C2CCCO2)C1. The van der Waals surface area contributed by atoms with Crippen LogP contribution >= 0.6 is 0 Å². The highest BCUT2D eigenvalue weighted by atomic mass is 16.5. The first kappa shape index (κ1) is 18.2. The molecule has 1 aromatic rings. The molecule has 7 heteroatoms. The van der Waals surface area contributed by atoms with E-state index in [4.69, 9.17) is 14.5 Å². The van der Waals surface area contributed by atoms with Crippen molar-refractivity contribution in [1.29, 1.82) is 0 Å². The Morgan fingerprint density at radius 2 is 2.24 bits per heavy atom. The number of aliphatic imine (C=N–C) groups is 1. The van der Waals surface area contributed by atoms with E-state index < -0.39 is 0 Å². The van der Waals surface area contributed by atoms with Crippen LogP contribution in [0.1, 0.15) is 26.7 Å². The van der Waals surface area contributed by atoms with Gasteiger partial charge in [0, 0.05) is 51.7 Å². The van der Waals surface area contributed by atoms with E-state index in [0.29, 0.717) is 5.92 Å². The van der Waals surface area contributed by atoms with Crippen molar-refractivity contribution in [2.24, 2.45) is 10.9 Å². The van der Waals surface area contributed by atoms with Crippen molar-refractivity contribution in [1.82, 2.24) is 20.0 Å². The molecule has 0 spiro atoms. The van der Waals surface area contributed by atoms with Gasteiger partial charge in [-0.15, -0.1) is 0 Å². The van der Waals surface area contributed by atoms with Gasteiger partial charge in [-0.05, 0) is 31.7 Å². The summed E-state index contributed by atoms with van der Waals surface area (Å²) >= 11 is 0. The lowest BCUT2D eigenvalue weighted by atomic mass is 10.1. The Kier molecular flexibility index (Phi) is 6.69. The summed E-state index contributed by atoms with van der Waals surface area (Å²) in [7, 11) is 0. The van der Waals surface area contributed by atoms with Crippen molar-refractivity contribution in [3.63, 3.8) is 0 Å². The third kappa shape index (κ3) is 5.19. The minimum absolute atomic E-state index is 0.154. The number of hydrogen-bond donors (Lipinski definition) is 1. The first-order chi connectivity index (χ1) is 12.3. The normalized spacial score (nSPS) is 26.0. The van der Waals surface area contributed by atoms with Gasteiger partial charge in [-0.1, -0.05) is 6.92 Å². The van der Waals surface area contributed by atoms with E-state index in [0.717, 1.165) is 64.7 Å². The smallest absolute Gasteiger partial charge is 0.194 e. The fourth-order valence-corrected chi connectivity index (χ4v) is 3.44. The predicted molar refractivity (Wildman–Crippen MR) is 97.7 cm³/mol. The van der Waals surface area contributed by atoms with Gasteiger partial charge in [-0.25, -0.2) is 0 Å². The van der Waals surface area contributed by atoms with E-state index in [1.165, 1.54) is 0 Å². The van der Waals surface area contributed by atoms with Crippen LogP contribution in [0.15, 0.2) is 23.5 Å². The van der Waals surface area contributed by atoms with Crippen molar-refractivity contribution >= 4 is 5.96 Å². The summed E-state index contributed by atoms with van der Waals surface area (Å²) in [4.78, 5) is 7.19. The minimum Gasteiger partial charge on any atom is -0.375 e. The zero-order valence-corrected chi connectivity index (χ0v) is 15.4. The van der Waals surface area contributed by atoms with Crippen LogP contribution in [-0.4, -0.2) is 72.2 Å². The third-order valence-corrected chi connectivity index (χ3v) is 4.72. The summed E-state index contributed by atoms with van der Waals surface area (Å²) in [6.45, 7) is 10.2. The maximum Gasteiger partial charge on any atom is 0.194 e. The number of aromatic nitrogens is 2. The van der Waals surface area contributed by atoms with Gasteiger partial charge < -0.3 is 19.7 Å². The fourth-order valence-electron chi connectivity index (χ4n) is 3.44. The van der Waals surface area contributed by atoms with Crippen LogP contribution in [-0.2, 0) is 16.0 Å². The van der Waals surface area contributed by atoms with Crippen LogP contribution < -0.4 is 5.32 Å². The number of ether oxygens (including phenoxy) is 2. The lowest BCUT2D eigenvalue weighted by Crippen LogP contribution is -2.53. The Hall–Kier alpha value is -1.60. The molecular weight excluding hydrogens is 318 g/mol. The van der Waals surface area contributed by atoms with E-state index in [1.807, 2.05) is 23.1 Å². The molecule has 25 heavy (non-hydrogen) atoms. The molecule has 1 N–H and O–H groups in total. The highest BCUT2D eigenvalue weighted by Crippen LogP contribution is 2.21. The topological polar surface area (TPSA) is 63.9 Å². The minimum atomic E-state index is 0.154. The van der Waals surface area contributed by atoms with E-state index in [2.05, 4.69) is 29.2 Å². The summed E-state index contributed by atoms with van der Waals surface area (Å²) in [6.07, 6.45) is 6.46. The quantitative estimate of drug-likeness (QED) is 0.621. The summed E-state index contributed by atoms with van der Waals surface area (Å²) in [5.41, 5.74) is 0. The van der Waals surface area contributed by atoms with Crippen LogP contribution in [0.3, 0.4) is 0 Å². The molecule has 0 bridgehead atoms. The molecular formula is C18H31N5O2. The number of nitrogens with zero attached hydrogens (tertiary/aromatic N) is 4. The molecule has 0 saturated carbocycles. The molecule has 0 aromatic carbocycles. The second-order valence-corrected chi connectivity index (χ2v) is 6.93. The van der Waals surface area contributed by atoms with Gasteiger partial charge >= 0.3 is 0 Å². The second kappa shape index (κ2) is 9.20. The number of morpholine rings is 1. The number of guanidine groups is 1. The van der Waals surface area contributed by atoms with Crippen LogP contribution in [0, 0.1) is 5.92 Å². The van der Waals surface area contributed by atoms with Gasteiger partial charge in [-0.2, -0.15) is 5.10 Å². The molecule has 7 nitrogen and oxygen atoms in total. The van der Waals surface area contributed by atoms with E-state index in [9.17, 15) is 0 Å². The van der Waals surface area contributed by atoms with Crippen LogP contribution in [0.4, 0.5) is 0 Å². The molecule has 0 aliphatic carbocycles. The molecule has 3 atom stereocenters. The number of rotatable bonds is 6. The lowest BCUT2D eigenvalue weighted by molar-refractivity contribution is -0.0817. The second-order valence-electron chi connectivity index (χ2n) is 6.93. The molecule has 1 aromatic heterocycles. The Balaban J connectivity index is 1.56. The summed E-state index contributed by atoms with van der Waals surface area (Å²) in [5.74, 6) is 1.42. The highest BCUT2D eigenvalue weighted by molar-refractivity contribution is 5.80. The standard InChI is InChI=1S/C18H31N5O2/c1-3-19-18(20-12-15(2)13-23-8-5-7-21-23)22-9-11-25-17(14-22)16-6-4-10-24-16/h5,7-8,15-17H,3-4,6,9-14H2,1-2H3,(H,19,20). The Labute approximate surface area is 150 Å². The van der Waals surface area contributed by atoms with Gasteiger partial charge in [-0.3, -0.25) is 9.67 Å². The summed E-state index contributed by atoms with van der Waals surface area (Å²) in [6, 6.07) is 1.96. The van der Waals surface area contributed by atoms with Gasteiger partial charge in [0.05, 0.1) is 12.7 Å². The van der Waals surface area contributed by atoms with Crippen molar-refractivity contribution < 1.29 is 9.47 Å². The number of nitrogens with one attached hydrogen (secondary N) is 1. The van der Waals surface area contributed by atoms with Crippen LogP contribution in [0.25, 0.3) is 0 Å². The van der Waals surface area contributed by atoms with Crippen molar-refractivity contribution in [3.8, 4) is 0 Å². The first-order valence-corrected chi connectivity index (χ1v) is 9.50. The van der Waals surface area contributed by atoms with Gasteiger partial charge in [0.2, 0.25) is 0 Å². The summed E-state index contributed by atoms with van der Waals surface area (Å²) < 4.78 is 13.7. The molecule has 0 amide bonds. The molecule has 2 aliphatic heterocycles. The van der Waals surface area contributed by atoms with Gasteiger partial charge in [0.25, 0.3) is 0 Å². The Morgan fingerprint density at radius 3 is 2.96 bits per heavy atom. The fraction of sp³-hybridized carbons (Fsp3) is 0.778.